The van der Waals surface area contributed by atoms with Crippen molar-refractivity contribution in [3.8, 4) is 17.0 Å². The summed E-state index contributed by atoms with van der Waals surface area (Å²) in [6, 6.07) is 22.4. The minimum absolute atomic E-state index is 0.148. The molecule has 2 heterocycles. The van der Waals surface area contributed by atoms with Crippen LogP contribution in [0.3, 0.4) is 0 Å². The molecule has 0 radical (unpaired) electrons. The molecule has 0 aliphatic heterocycles. The first-order valence-corrected chi connectivity index (χ1v) is 8.98. The number of aryl methyl sites for hydroxylation is 1. The molecule has 0 spiro atoms. The summed E-state index contributed by atoms with van der Waals surface area (Å²) < 4.78 is 7.34. The van der Waals surface area contributed by atoms with Crippen molar-refractivity contribution >= 4 is 11.5 Å². The highest BCUT2D eigenvalue weighted by atomic mass is 16.5. The Labute approximate surface area is 158 Å². The zero-order valence-corrected chi connectivity index (χ0v) is 15.7. The zero-order chi connectivity index (χ0) is 18.8. The number of benzene rings is 2. The molecule has 4 rings (SSSR count). The molecule has 5 heteroatoms. The average molecular weight is 358 g/mol. The molecule has 2 aromatic carbocycles. The number of nitrogens with one attached hydrogen (secondary N) is 1. The molecule has 0 bridgehead atoms. The molecule has 1 unspecified atom stereocenters. The van der Waals surface area contributed by atoms with Gasteiger partial charge in [0.15, 0.2) is 5.65 Å². The van der Waals surface area contributed by atoms with Gasteiger partial charge >= 0.3 is 0 Å². The van der Waals surface area contributed by atoms with E-state index in [0.717, 1.165) is 34.2 Å². The van der Waals surface area contributed by atoms with Crippen molar-refractivity contribution in [2.75, 3.05) is 12.4 Å². The number of ether oxygens (including phenoxy) is 1. The predicted octanol–water partition coefficient (Wildman–Crippen LogP) is 4.89. The van der Waals surface area contributed by atoms with Crippen molar-refractivity contribution in [1.29, 1.82) is 0 Å². The van der Waals surface area contributed by atoms with Crippen LogP contribution in [-0.2, 0) is 0 Å². The van der Waals surface area contributed by atoms with Crippen LogP contribution in [0.15, 0.2) is 66.7 Å². The molecule has 0 aliphatic carbocycles. The highest BCUT2D eigenvalue weighted by Gasteiger charge is 2.14. The third kappa shape index (κ3) is 3.36. The Morgan fingerprint density at radius 2 is 1.74 bits per heavy atom. The van der Waals surface area contributed by atoms with Crippen LogP contribution < -0.4 is 10.1 Å². The van der Waals surface area contributed by atoms with E-state index >= 15 is 0 Å². The third-order valence-corrected chi connectivity index (χ3v) is 4.60. The summed E-state index contributed by atoms with van der Waals surface area (Å²) in [7, 11) is 1.67. The van der Waals surface area contributed by atoms with Gasteiger partial charge in [-0.3, -0.25) is 0 Å². The first-order valence-electron chi connectivity index (χ1n) is 8.98. The third-order valence-electron chi connectivity index (χ3n) is 4.60. The Morgan fingerprint density at radius 1 is 1.00 bits per heavy atom. The van der Waals surface area contributed by atoms with Gasteiger partial charge in [0.2, 0.25) is 0 Å². The summed E-state index contributed by atoms with van der Waals surface area (Å²) >= 11 is 0. The molecule has 4 aromatic rings. The van der Waals surface area contributed by atoms with Gasteiger partial charge in [0, 0.05) is 29.4 Å². The van der Waals surface area contributed by atoms with Gasteiger partial charge in [0.25, 0.3) is 0 Å². The molecule has 0 fully saturated rings. The van der Waals surface area contributed by atoms with Crippen molar-refractivity contribution in [2.24, 2.45) is 0 Å². The van der Waals surface area contributed by atoms with Crippen LogP contribution in [0.2, 0.25) is 0 Å². The van der Waals surface area contributed by atoms with Gasteiger partial charge < -0.3 is 10.1 Å². The fraction of sp³-hybridized carbons (Fsp3) is 0.182. The number of para-hydroxylation sites is 1. The maximum absolute atomic E-state index is 5.49. The lowest BCUT2D eigenvalue weighted by atomic mass is 10.1. The topological polar surface area (TPSA) is 51.5 Å². The molecule has 0 saturated heterocycles. The number of rotatable bonds is 5. The summed E-state index contributed by atoms with van der Waals surface area (Å²) in [6.45, 7) is 4.13. The lowest BCUT2D eigenvalue weighted by molar-refractivity contribution is 0.416. The smallest absolute Gasteiger partial charge is 0.158 e. The van der Waals surface area contributed by atoms with E-state index in [0.29, 0.717) is 0 Å². The Kier molecular flexibility index (Phi) is 4.50. The van der Waals surface area contributed by atoms with Crippen molar-refractivity contribution in [3.05, 3.63) is 78.0 Å². The average Bonchev–Trinajstić information content (AvgIpc) is 3.12. The summed E-state index contributed by atoms with van der Waals surface area (Å²) in [5.41, 5.74) is 4.75. The summed E-state index contributed by atoms with van der Waals surface area (Å²) in [5.74, 6) is 1.71. The maximum Gasteiger partial charge on any atom is 0.158 e. The van der Waals surface area contributed by atoms with E-state index in [1.54, 1.807) is 7.11 Å². The minimum Gasteiger partial charge on any atom is -0.496 e. The molecule has 2 aromatic heterocycles. The fourth-order valence-corrected chi connectivity index (χ4v) is 3.24. The van der Waals surface area contributed by atoms with Crippen LogP contribution in [0.1, 0.15) is 24.2 Å². The van der Waals surface area contributed by atoms with Crippen LogP contribution in [0.5, 0.6) is 5.75 Å². The first kappa shape index (κ1) is 17.1. The number of hydrogen-bond donors (Lipinski definition) is 1. The van der Waals surface area contributed by atoms with Gasteiger partial charge in [-0.05, 0) is 31.5 Å². The zero-order valence-electron chi connectivity index (χ0n) is 15.7. The quantitative estimate of drug-likeness (QED) is 0.552. The van der Waals surface area contributed by atoms with Gasteiger partial charge in [-0.1, -0.05) is 42.5 Å². The second-order valence-corrected chi connectivity index (χ2v) is 6.56. The van der Waals surface area contributed by atoms with Gasteiger partial charge in [-0.25, -0.2) is 4.98 Å². The molecule has 0 amide bonds. The summed E-state index contributed by atoms with van der Waals surface area (Å²) in [6.07, 6.45) is 0. The lowest BCUT2D eigenvalue weighted by Crippen LogP contribution is -2.11. The van der Waals surface area contributed by atoms with E-state index in [9.17, 15) is 0 Å². The number of methoxy groups -OCH3 is 1. The van der Waals surface area contributed by atoms with Crippen molar-refractivity contribution < 1.29 is 4.74 Å². The molecule has 5 nitrogen and oxygen atoms in total. The van der Waals surface area contributed by atoms with E-state index in [2.05, 4.69) is 41.5 Å². The van der Waals surface area contributed by atoms with E-state index in [4.69, 9.17) is 9.84 Å². The Morgan fingerprint density at radius 3 is 2.52 bits per heavy atom. The molecular formula is C22H22N4O. The molecule has 0 aliphatic rings. The van der Waals surface area contributed by atoms with Gasteiger partial charge in [-0.15, -0.1) is 0 Å². The molecule has 1 atom stereocenters. The summed E-state index contributed by atoms with van der Waals surface area (Å²) in [4.78, 5) is 4.64. The molecule has 27 heavy (non-hydrogen) atoms. The molecule has 136 valence electrons. The Balaban J connectivity index is 1.77. The van der Waals surface area contributed by atoms with E-state index in [-0.39, 0.29) is 6.04 Å². The molecule has 1 N–H and O–H groups in total. The van der Waals surface area contributed by atoms with Crippen molar-refractivity contribution in [1.82, 2.24) is 14.6 Å². The normalized spacial score (nSPS) is 12.1. The number of aromatic nitrogens is 3. The highest BCUT2D eigenvalue weighted by Crippen LogP contribution is 2.30. The van der Waals surface area contributed by atoms with Crippen LogP contribution >= 0.6 is 0 Å². The van der Waals surface area contributed by atoms with E-state index in [1.807, 2.05) is 53.9 Å². The number of fused-ring (bicyclic) bond motifs is 1. The van der Waals surface area contributed by atoms with E-state index < -0.39 is 0 Å². The molecular weight excluding hydrogens is 336 g/mol. The largest absolute Gasteiger partial charge is 0.496 e. The van der Waals surface area contributed by atoms with E-state index in [1.165, 1.54) is 5.56 Å². The highest BCUT2D eigenvalue weighted by molar-refractivity contribution is 5.71. The van der Waals surface area contributed by atoms with Crippen molar-refractivity contribution in [3.63, 3.8) is 0 Å². The Hall–Kier alpha value is -3.34. The number of anilines is 1. The number of nitrogens with zero attached hydrogens (tertiary/aromatic N) is 3. The van der Waals surface area contributed by atoms with Crippen LogP contribution in [0, 0.1) is 6.92 Å². The first-order chi connectivity index (χ1) is 13.2. The standard InChI is InChI=1S/C22H22N4O/c1-15-13-21(24-16(2)17-9-5-4-6-10-17)26-22(23-15)14-19(25-26)18-11-7-8-12-20(18)27-3/h4-14,16,24H,1-3H3. The van der Waals surface area contributed by atoms with Gasteiger partial charge in [0.1, 0.15) is 11.6 Å². The van der Waals surface area contributed by atoms with Gasteiger partial charge in [0.05, 0.1) is 12.8 Å². The lowest BCUT2D eigenvalue weighted by Gasteiger charge is -2.16. The van der Waals surface area contributed by atoms with Crippen molar-refractivity contribution in [2.45, 2.75) is 19.9 Å². The molecule has 0 saturated carbocycles. The van der Waals surface area contributed by atoms with Crippen LogP contribution in [0.25, 0.3) is 16.9 Å². The van der Waals surface area contributed by atoms with Crippen LogP contribution in [0.4, 0.5) is 5.82 Å². The second kappa shape index (κ2) is 7.11. The predicted molar refractivity (Wildman–Crippen MR) is 108 cm³/mol. The number of hydrogen-bond acceptors (Lipinski definition) is 4. The van der Waals surface area contributed by atoms with Crippen LogP contribution in [-0.4, -0.2) is 21.7 Å². The fourth-order valence-electron chi connectivity index (χ4n) is 3.24. The second-order valence-electron chi connectivity index (χ2n) is 6.56. The Bertz CT molecular complexity index is 1070. The van der Waals surface area contributed by atoms with Gasteiger partial charge in [-0.2, -0.15) is 9.61 Å². The minimum atomic E-state index is 0.148. The summed E-state index contributed by atoms with van der Waals surface area (Å²) in [5, 5.41) is 8.36. The maximum atomic E-state index is 5.49. The SMILES string of the molecule is COc1ccccc1-c1cc2nc(C)cc(NC(C)c3ccccc3)n2n1. The monoisotopic (exact) mass is 358 g/mol.